The largest absolute Gasteiger partial charge is 0.326 e. The molecular formula is C10H14FN. The minimum absolute atomic E-state index is 0.181. The maximum absolute atomic E-state index is 13.1. The summed E-state index contributed by atoms with van der Waals surface area (Å²) in [4.78, 5) is 0. The molecule has 0 aliphatic heterocycles. The molecule has 0 unspecified atom stereocenters. The SMILES string of the molecule is CCc1cc(F)c(CN)cc1C. The second-order valence-corrected chi connectivity index (χ2v) is 2.93. The van der Waals surface area contributed by atoms with Crippen LogP contribution >= 0.6 is 0 Å². The highest BCUT2D eigenvalue weighted by Gasteiger charge is 2.03. The fourth-order valence-electron chi connectivity index (χ4n) is 1.32. The lowest BCUT2D eigenvalue weighted by atomic mass is 10.0. The van der Waals surface area contributed by atoms with Gasteiger partial charge in [0, 0.05) is 12.1 Å². The maximum Gasteiger partial charge on any atom is 0.127 e. The molecule has 0 atom stereocenters. The first-order valence-corrected chi connectivity index (χ1v) is 4.17. The van der Waals surface area contributed by atoms with Gasteiger partial charge in [-0.25, -0.2) is 4.39 Å². The van der Waals surface area contributed by atoms with Crippen molar-refractivity contribution in [1.82, 2.24) is 0 Å². The van der Waals surface area contributed by atoms with Gasteiger partial charge in [-0.3, -0.25) is 0 Å². The van der Waals surface area contributed by atoms with Crippen LogP contribution in [0.4, 0.5) is 4.39 Å². The second-order valence-electron chi connectivity index (χ2n) is 2.93. The van der Waals surface area contributed by atoms with E-state index in [9.17, 15) is 4.39 Å². The molecule has 1 aromatic rings. The lowest BCUT2D eigenvalue weighted by Crippen LogP contribution is -2.02. The molecule has 0 aliphatic carbocycles. The fourth-order valence-corrected chi connectivity index (χ4v) is 1.32. The average molecular weight is 167 g/mol. The first kappa shape index (κ1) is 9.20. The van der Waals surface area contributed by atoms with Crippen molar-refractivity contribution >= 4 is 0 Å². The van der Waals surface area contributed by atoms with Gasteiger partial charge in [0.2, 0.25) is 0 Å². The van der Waals surface area contributed by atoms with Gasteiger partial charge in [0.05, 0.1) is 0 Å². The molecule has 0 saturated heterocycles. The third kappa shape index (κ3) is 1.64. The predicted molar refractivity (Wildman–Crippen MR) is 48.4 cm³/mol. The molecule has 0 saturated carbocycles. The van der Waals surface area contributed by atoms with Crippen molar-refractivity contribution in [1.29, 1.82) is 0 Å². The van der Waals surface area contributed by atoms with Gasteiger partial charge in [0.15, 0.2) is 0 Å². The molecule has 1 rings (SSSR count). The first-order chi connectivity index (χ1) is 5.69. The topological polar surface area (TPSA) is 26.0 Å². The van der Waals surface area contributed by atoms with Crippen molar-refractivity contribution in [2.45, 2.75) is 26.8 Å². The molecule has 1 nitrogen and oxygen atoms in total. The van der Waals surface area contributed by atoms with Crippen LogP contribution in [0.15, 0.2) is 12.1 Å². The molecule has 12 heavy (non-hydrogen) atoms. The summed E-state index contributed by atoms with van der Waals surface area (Å²) in [5.74, 6) is -0.181. The lowest BCUT2D eigenvalue weighted by Gasteiger charge is -2.06. The van der Waals surface area contributed by atoms with E-state index in [1.54, 1.807) is 6.07 Å². The fraction of sp³-hybridized carbons (Fsp3) is 0.400. The van der Waals surface area contributed by atoms with E-state index in [4.69, 9.17) is 5.73 Å². The summed E-state index contributed by atoms with van der Waals surface area (Å²) < 4.78 is 13.1. The van der Waals surface area contributed by atoms with Crippen LogP contribution < -0.4 is 5.73 Å². The summed E-state index contributed by atoms with van der Waals surface area (Å²) in [6.07, 6.45) is 0.869. The molecule has 0 bridgehead atoms. The Kier molecular flexibility index (Phi) is 2.82. The van der Waals surface area contributed by atoms with Crippen molar-refractivity contribution in [3.8, 4) is 0 Å². The van der Waals surface area contributed by atoms with E-state index in [-0.39, 0.29) is 12.4 Å². The highest BCUT2D eigenvalue weighted by molar-refractivity contribution is 5.32. The van der Waals surface area contributed by atoms with Crippen LogP contribution in [0.2, 0.25) is 0 Å². The number of hydrogen-bond acceptors (Lipinski definition) is 1. The minimum atomic E-state index is -0.181. The standard InChI is InChI=1S/C10H14FN/c1-3-8-5-10(11)9(6-12)4-7(8)2/h4-5H,3,6,12H2,1-2H3. The summed E-state index contributed by atoms with van der Waals surface area (Å²) in [6, 6.07) is 3.41. The Labute approximate surface area is 72.4 Å². The third-order valence-corrected chi connectivity index (χ3v) is 2.11. The predicted octanol–water partition coefficient (Wildman–Crippen LogP) is 2.16. The summed E-state index contributed by atoms with van der Waals surface area (Å²) >= 11 is 0. The molecule has 0 spiro atoms. The van der Waals surface area contributed by atoms with Gasteiger partial charge in [-0.05, 0) is 30.5 Å². The van der Waals surface area contributed by atoms with E-state index in [0.29, 0.717) is 5.56 Å². The van der Waals surface area contributed by atoms with Crippen molar-refractivity contribution in [3.63, 3.8) is 0 Å². The molecule has 0 amide bonds. The Morgan fingerprint density at radius 1 is 1.33 bits per heavy atom. The Morgan fingerprint density at radius 2 is 2.00 bits per heavy atom. The zero-order valence-corrected chi connectivity index (χ0v) is 7.52. The van der Waals surface area contributed by atoms with Gasteiger partial charge in [-0.2, -0.15) is 0 Å². The molecule has 0 heterocycles. The lowest BCUT2D eigenvalue weighted by molar-refractivity contribution is 0.607. The van der Waals surface area contributed by atoms with Gasteiger partial charge in [-0.1, -0.05) is 13.0 Å². The molecule has 1 aromatic carbocycles. The van der Waals surface area contributed by atoms with E-state index in [1.807, 2.05) is 19.9 Å². The molecular weight excluding hydrogens is 153 g/mol. The van der Waals surface area contributed by atoms with Crippen molar-refractivity contribution in [2.75, 3.05) is 0 Å². The molecule has 0 radical (unpaired) electrons. The van der Waals surface area contributed by atoms with Crippen molar-refractivity contribution in [3.05, 3.63) is 34.6 Å². The van der Waals surface area contributed by atoms with Gasteiger partial charge in [0.1, 0.15) is 5.82 Å². The van der Waals surface area contributed by atoms with Gasteiger partial charge in [-0.15, -0.1) is 0 Å². The summed E-state index contributed by atoms with van der Waals surface area (Å²) in [7, 11) is 0. The van der Waals surface area contributed by atoms with E-state index < -0.39 is 0 Å². The minimum Gasteiger partial charge on any atom is -0.326 e. The monoisotopic (exact) mass is 167 g/mol. The van der Waals surface area contributed by atoms with Crippen LogP contribution in [-0.2, 0) is 13.0 Å². The van der Waals surface area contributed by atoms with Gasteiger partial charge < -0.3 is 5.73 Å². The molecule has 2 heteroatoms. The maximum atomic E-state index is 13.1. The van der Waals surface area contributed by atoms with Crippen LogP contribution in [-0.4, -0.2) is 0 Å². The summed E-state index contributed by atoms with van der Waals surface area (Å²) in [5, 5.41) is 0. The highest BCUT2D eigenvalue weighted by atomic mass is 19.1. The van der Waals surface area contributed by atoms with Crippen LogP contribution in [0.1, 0.15) is 23.6 Å². The number of hydrogen-bond donors (Lipinski definition) is 1. The van der Waals surface area contributed by atoms with E-state index >= 15 is 0 Å². The van der Waals surface area contributed by atoms with E-state index in [1.165, 1.54) is 0 Å². The van der Waals surface area contributed by atoms with E-state index in [2.05, 4.69) is 0 Å². The van der Waals surface area contributed by atoms with E-state index in [0.717, 1.165) is 17.5 Å². The molecule has 0 aliphatic rings. The van der Waals surface area contributed by atoms with Crippen molar-refractivity contribution in [2.24, 2.45) is 5.73 Å². The van der Waals surface area contributed by atoms with Crippen LogP contribution in [0, 0.1) is 12.7 Å². The Balaban J connectivity index is 3.16. The number of nitrogens with two attached hydrogens (primary N) is 1. The van der Waals surface area contributed by atoms with Gasteiger partial charge >= 0.3 is 0 Å². The third-order valence-electron chi connectivity index (χ3n) is 2.11. The number of halogens is 1. The zero-order valence-electron chi connectivity index (χ0n) is 7.52. The Morgan fingerprint density at radius 3 is 2.50 bits per heavy atom. The molecule has 2 N–H and O–H groups in total. The Hall–Kier alpha value is -0.890. The Bertz CT molecular complexity index is 252. The zero-order chi connectivity index (χ0) is 9.14. The van der Waals surface area contributed by atoms with Crippen LogP contribution in [0.5, 0.6) is 0 Å². The number of rotatable bonds is 2. The molecule has 66 valence electrons. The first-order valence-electron chi connectivity index (χ1n) is 4.17. The van der Waals surface area contributed by atoms with Crippen molar-refractivity contribution < 1.29 is 4.39 Å². The quantitative estimate of drug-likeness (QED) is 0.717. The van der Waals surface area contributed by atoms with Crippen LogP contribution in [0.25, 0.3) is 0 Å². The summed E-state index contributed by atoms with van der Waals surface area (Å²) in [6.45, 7) is 4.28. The molecule has 0 fully saturated rings. The smallest absolute Gasteiger partial charge is 0.127 e. The normalized spacial score (nSPS) is 10.3. The molecule has 0 aromatic heterocycles. The second kappa shape index (κ2) is 3.68. The van der Waals surface area contributed by atoms with Crippen LogP contribution in [0.3, 0.4) is 0 Å². The summed E-state index contributed by atoms with van der Waals surface area (Å²) in [5.41, 5.74) is 8.16. The average Bonchev–Trinajstić information content (AvgIpc) is 2.08. The highest BCUT2D eigenvalue weighted by Crippen LogP contribution is 2.15. The number of benzene rings is 1. The van der Waals surface area contributed by atoms with Gasteiger partial charge in [0.25, 0.3) is 0 Å². The number of aryl methyl sites for hydroxylation is 2.